The zero-order valence-corrected chi connectivity index (χ0v) is 14.8. The van der Waals surface area contributed by atoms with E-state index in [-0.39, 0.29) is 5.91 Å². The van der Waals surface area contributed by atoms with Gasteiger partial charge in [0.2, 0.25) is 0 Å². The van der Waals surface area contributed by atoms with Crippen molar-refractivity contribution >= 4 is 5.91 Å². The Morgan fingerprint density at radius 3 is 2.68 bits per heavy atom. The van der Waals surface area contributed by atoms with E-state index in [1.54, 1.807) is 12.3 Å². The quantitative estimate of drug-likeness (QED) is 0.670. The van der Waals surface area contributed by atoms with Crippen LogP contribution in [0.1, 0.15) is 39.8 Å². The summed E-state index contributed by atoms with van der Waals surface area (Å²) in [7, 11) is 0. The molecule has 3 rings (SSSR count). The number of carbonyl (C=O) groups is 1. The highest BCUT2D eigenvalue weighted by Gasteiger charge is 2.12. The van der Waals surface area contributed by atoms with E-state index in [9.17, 15) is 4.79 Å². The van der Waals surface area contributed by atoms with Crippen molar-refractivity contribution in [2.24, 2.45) is 0 Å². The predicted molar refractivity (Wildman–Crippen MR) is 93.4 cm³/mol. The number of furan rings is 1. The fourth-order valence-electron chi connectivity index (χ4n) is 2.72. The molecule has 0 aromatic carbocycles. The minimum atomic E-state index is -0.197. The van der Waals surface area contributed by atoms with E-state index in [1.165, 1.54) is 0 Å². The first kappa shape index (κ1) is 17.0. The van der Waals surface area contributed by atoms with Crippen LogP contribution in [0.4, 0.5) is 0 Å². The second-order valence-electron chi connectivity index (χ2n) is 6.16. The summed E-state index contributed by atoms with van der Waals surface area (Å²) < 4.78 is 9.43. The van der Waals surface area contributed by atoms with Crippen LogP contribution >= 0.6 is 0 Å². The van der Waals surface area contributed by atoms with Gasteiger partial charge in [-0.05, 0) is 51.5 Å². The van der Waals surface area contributed by atoms with Crippen LogP contribution in [0.2, 0.25) is 0 Å². The lowest BCUT2D eigenvalue weighted by Crippen LogP contribution is -2.25. The highest BCUT2D eigenvalue weighted by molar-refractivity contribution is 5.91. The van der Waals surface area contributed by atoms with Crippen LogP contribution < -0.4 is 5.32 Å². The van der Waals surface area contributed by atoms with Gasteiger partial charge in [-0.2, -0.15) is 10.2 Å². The van der Waals surface area contributed by atoms with Gasteiger partial charge in [0, 0.05) is 30.7 Å². The maximum atomic E-state index is 12.2. The molecule has 3 aromatic heterocycles. The Kier molecular flexibility index (Phi) is 5.02. The summed E-state index contributed by atoms with van der Waals surface area (Å²) in [4.78, 5) is 12.2. The number of rotatable bonds is 7. The highest BCUT2D eigenvalue weighted by atomic mass is 16.4. The zero-order chi connectivity index (χ0) is 17.8. The Labute approximate surface area is 146 Å². The third-order valence-corrected chi connectivity index (χ3v) is 4.06. The Bertz CT molecular complexity index is 859. The average Bonchev–Trinajstić information content (AvgIpc) is 3.26. The molecule has 0 atom stereocenters. The summed E-state index contributed by atoms with van der Waals surface area (Å²) >= 11 is 0. The summed E-state index contributed by atoms with van der Waals surface area (Å²) in [5.74, 6) is 0.840. The van der Waals surface area contributed by atoms with Crippen LogP contribution in [-0.4, -0.2) is 32.0 Å². The molecule has 3 aromatic rings. The van der Waals surface area contributed by atoms with Gasteiger partial charge in [0.15, 0.2) is 5.76 Å². The van der Waals surface area contributed by atoms with Gasteiger partial charge in [0.05, 0.1) is 12.2 Å². The second kappa shape index (κ2) is 7.38. The average molecular weight is 341 g/mol. The molecule has 3 heterocycles. The van der Waals surface area contributed by atoms with Crippen molar-refractivity contribution in [1.82, 2.24) is 24.9 Å². The Hall–Kier alpha value is -2.83. The van der Waals surface area contributed by atoms with Crippen molar-refractivity contribution in [3.63, 3.8) is 0 Å². The fraction of sp³-hybridized carbons (Fsp3) is 0.389. The molecule has 1 N–H and O–H groups in total. The van der Waals surface area contributed by atoms with Gasteiger partial charge >= 0.3 is 0 Å². The molecule has 0 unspecified atom stereocenters. The Balaban J connectivity index is 1.49. The molecule has 0 saturated heterocycles. The Morgan fingerprint density at radius 1 is 1.16 bits per heavy atom. The summed E-state index contributed by atoms with van der Waals surface area (Å²) in [5.41, 5.74) is 3.15. The molecule has 132 valence electrons. The van der Waals surface area contributed by atoms with Crippen LogP contribution in [0.5, 0.6) is 0 Å². The summed E-state index contributed by atoms with van der Waals surface area (Å²) in [5, 5.41) is 11.5. The van der Waals surface area contributed by atoms with Gasteiger partial charge < -0.3 is 9.73 Å². The lowest BCUT2D eigenvalue weighted by atomic mass is 10.3. The molecule has 0 radical (unpaired) electrons. The SMILES string of the molecule is Cc1cc(C)n(Cc2ccc(C(=O)NCCCn3nccc3C)o2)n1. The van der Waals surface area contributed by atoms with E-state index in [1.807, 2.05) is 48.3 Å². The van der Waals surface area contributed by atoms with Gasteiger partial charge in [-0.3, -0.25) is 14.2 Å². The normalized spacial score (nSPS) is 11.0. The van der Waals surface area contributed by atoms with Crippen LogP contribution in [0.3, 0.4) is 0 Å². The molecule has 0 aliphatic carbocycles. The van der Waals surface area contributed by atoms with Gasteiger partial charge in [0.1, 0.15) is 5.76 Å². The molecule has 0 saturated carbocycles. The first-order valence-electron chi connectivity index (χ1n) is 8.39. The standard InChI is InChI=1S/C18H23N5O2/c1-13-11-15(3)23(21-13)12-16-5-6-17(25-16)18(24)19-8-4-10-22-14(2)7-9-20-22/h5-7,9,11H,4,8,10,12H2,1-3H3,(H,19,24). The molecule has 0 spiro atoms. The molecule has 0 aliphatic rings. The lowest BCUT2D eigenvalue weighted by molar-refractivity contribution is 0.0923. The van der Waals surface area contributed by atoms with E-state index in [0.717, 1.165) is 30.0 Å². The molecule has 1 amide bonds. The fourth-order valence-corrected chi connectivity index (χ4v) is 2.72. The van der Waals surface area contributed by atoms with Crippen LogP contribution in [0.15, 0.2) is 34.9 Å². The summed E-state index contributed by atoms with van der Waals surface area (Å²) in [6.07, 6.45) is 2.59. The molecular weight excluding hydrogens is 318 g/mol. The zero-order valence-electron chi connectivity index (χ0n) is 14.8. The largest absolute Gasteiger partial charge is 0.454 e. The number of carbonyl (C=O) groups excluding carboxylic acids is 1. The number of nitrogens with zero attached hydrogens (tertiary/aromatic N) is 4. The second-order valence-corrected chi connectivity index (χ2v) is 6.16. The smallest absolute Gasteiger partial charge is 0.286 e. The predicted octanol–water partition coefficient (Wildman–Crippen LogP) is 2.47. The van der Waals surface area contributed by atoms with Crippen molar-refractivity contribution in [3.05, 3.63) is 59.1 Å². The minimum absolute atomic E-state index is 0.197. The molecule has 7 nitrogen and oxygen atoms in total. The molecule has 0 aliphatic heterocycles. The topological polar surface area (TPSA) is 77.9 Å². The van der Waals surface area contributed by atoms with Crippen molar-refractivity contribution in [3.8, 4) is 0 Å². The third kappa shape index (κ3) is 4.17. The number of nitrogens with one attached hydrogen (secondary N) is 1. The minimum Gasteiger partial charge on any atom is -0.454 e. The number of aryl methyl sites for hydroxylation is 4. The summed E-state index contributed by atoms with van der Waals surface area (Å²) in [6, 6.07) is 7.50. The number of aromatic nitrogens is 4. The number of hydrogen-bond donors (Lipinski definition) is 1. The lowest BCUT2D eigenvalue weighted by Gasteiger charge is -2.05. The van der Waals surface area contributed by atoms with Crippen molar-refractivity contribution in [1.29, 1.82) is 0 Å². The van der Waals surface area contributed by atoms with Gasteiger partial charge in [-0.15, -0.1) is 0 Å². The molecule has 0 fully saturated rings. The van der Waals surface area contributed by atoms with E-state index < -0.39 is 0 Å². The number of hydrogen-bond acceptors (Lipinski definition) is 4. The molecule has 0 bridgehead atoms. The third-order valence-electron chi connectivity index (χ3n) is 4.06. The summed E-state index contributed by atoms with van der Waals surface area (Å²) in [6.45, 7) is 7.84. The van der Waals surface area contributed by atoms with E-state index in [0.29, 0.717) is 24.6 Å². The maximum Gasteiger partial charge on any atom is 0.286 e. The van der Waals surface area contributed by atoms with Crippen LogP contribution in [0, 0.1) is 20.8 Å². The number of amides is 1. The van der Waals surface area contributed by atoms with Crippen LogP contribution in [0.25, 0.3) is 0 Å². The van der Waals surface area contributed by atoms with Gasteiger partial charge in [-0.1, -0.05) is 0 Å². The first-order chi connectivity index (χ1) is 12.0. The van der Waals surface area contributed by atoms with Crippen molar-refractivity contribution < 1.29 is 9.21 Å². The van der Waals surface area contributed by atoms with Crippen molar-refractivity contribution in [2.75, 3.05) is 6.54 Å². The maximum absolute atomic E-state index is 12.2. The van der Waals surface area contributed by atoms with Gasteiger partial charge in [0.25, 0.3) is 5.91 Å². The van der Waals surface area contributed by atoms with Gasteiger partial charge in [-0.25, -0.2) is 0 Å². The highest BCUT2D eigenvalue weighted by Crippen LogP contribution is 2.11. The Morgan fingerprint density at radius 2 is 2.00 bits per heavy atom. The van der Waals surface area contributed by atoms with E-state index in [4.69, 9.17) is 4.42 Å². The van der Waals surface area contributed by atoms with Crippen molar-refractivity contribution in [2.45, 2.75) is 40.3 Å². The molecular formula is C18H23N5O2. The first-order valence-corrected chi connectivity index (χ1v) is 8.39. The monoisotopic (exact) mass is 341 g/mol. The van der Waals surface area contributed by atoms with E-state index in [2.05, 4.69) is 15.5 Å². The van der Waals surface area contributed by atoms with E-state index >= 15 is 0 Å². The molecule has 7 heteroatoms. The molecule has 25 heavy (non-hydrogen) atoms. The van der Waals surface area contributed by atoms with Crippen LogP contribution in [-0.2, 0) is 13.1 Å².